The van der Waals surface area contributed by atoms with Crippen molar-refractivity contribution >= 4 is 11.9 Å². The van der Waals surface area contributed by atoms with Crippen LogP contribution in [0.5, 0.6) is 11.5 Å². The number of phenolic OH excluding ortho intramolecular Hbond substituents is 1. The summed E-state index contributed by atoms with van der Waals surface area (Å²) in [5.74, 6) is -2.35. The first kappa shape index (κ1) is 17.1. The van der Waals surface area contributed by atoms with E-state index in [1.54, 1.807) is 12.1 Å². The molecule has 2 unspecified atom stereocenters. The van der Waals surface area contributed by atoms with Gasteiger partial charge in [-0.25, -0.2) is 9.59 Å². The molecule has 7 nitrogen and oxygen atoms in total. The number of carbonyl (C=O) groups excluding carboxylic acids is 2. The molecule has 1 saturated heterocycles. The molecule has 0 bridgehead atoms. The van der Waals surface area contributed by atoms with Crippen LogP contribution in [0.25, 0.3) is 0 Å². The van der Waals surface area contributed by atoms with E-state index in [1.807, 2.05) is 0 Å². The van der Waals surface area contributed by atoms with E-state index < -0.39 is 23.8 Å². The number of phenols is 1. The SMILES string of the molecule is O=C1OC2Cc3ccc(O)cc3OC2(CNCC2CCCCC2)OC1=O. The molecule has 2 N–H and O–H groups in total. The number of benzene rings is 1. The molecule has 26 heavy (non-hydrogen) atoms. The minimum absolute atomic E-state index is 0.0617. The minimum atomic E-state index is -1.40. The Bertz CT molecular complexity index is 714. The number of fused-ring (bicyclic) bond motifs is 2. The lowest BCUT2D eigenvalue weighted by Gasteiger charge is -2.44. The largest absolute Gasteiger partial charge is 0.508 e. The molecule has 0 aromatic heterocycles. The first-order valence-corrected chi connectivity index (χ1v) is 9.21. The van der Waals surface area contributed by atoms with E-state index >= 15 is 0 Å². The van der Waals surface area contributed by atoms with E-state index in [2.05, 4.69) is 5.32 Å². The molecule has 1 aromatic carbocycles. The Morgan fingerprint density at radius 2 is 1.92 bits per heavy atom. The first-order valence-electron chi connectivity index (χ1n) is 9.21. The standard InChI is InChI=1S/C19H23NO6/c21-14-7-6-13-8-16-19(25-15(13)9-14,26-18(23)17(22)24-16)11-20-10-12-4-2-1-3-5-12/h6-7,9,12,16,20-21H,1-5,8,10-11H2. The Hall–Kier alpha value is -2.28. The lowest BCUT2D eigenvalue weighted by molar-refractivity contribution is -0.265. The third-order valence-electron chi connectivity index (χ3n) is 5.44. The Morgan fingerprint density at radius 1 is 1.12 bits per heavy atom. The van der Waals surface area contributed by atoms with Crippen LogP contribution in [0.3, 0.4) is 0 Å². The third kappa shape index (κ3) is 3.23. The maximum atomic E-state index is 11.8. The second-order valence-corrected chi connectivity index (χ2v) is 7.33. The number of carbonyl (C=O) groups is 2. The zero-order valence-electron chi connectivity index (χ0n) is 14.5. The van der Waals surface area contributed by atoms with Crippen molar-refractivity contribution in [3.63, 3.8) is 0 Å². The van der Waals surface area contributed by atoms with Crippen LogP contribution in [0, 0.1) is 5.92 Å². The molecule has 7 heteroatoms. The minimum Gasteiger partial charge on any atom is -0.508 e. The molecule has 4 rings (SSSR count). The quantitative estimate of drug-likeness (QED) is 0.622. The Kier molecular flexibility index (Phi) is 4.48. The molecule has 1 aromatic rings. The van der Waals surface area contributed by atoms with Crippen LogP contribution >= 0.6 is 0 Å². The van der Waals surface area contributed by atoms with E-state index in [4.69, 9.17) is 14.2 Å². The highest BCUT2D eigenvalue weighted by Gasteiger charge is 2.55. The topological polar surface area (TPSA) is 94.1 Å². The molecule has 0 amide bonds. The van der Waals surface area contributed by atoms with E-state index in [9.17, 15) is 14.7 Å². The Morgan fingerprint density at radius 3 is 2.73 bits per heavy atom. The fraction of sp³-hybridized carbons (Fsp3) is 0.579. The highest BCUT2D eigenvalue weighted by molar-refractivity contribution is 6.30. The zero-order chi connectivity index (χ0) is 18.1. The van der Waals surface area contributed by atoms with Gasteiger partial charge in [-0.05, 0) is 36.9 Å². The monoisotopic (exact) mass is 361 g/mol. The molecule has 0 radical (unpaired) electrons. The molecule has 2 fully saturated rings. The number of aromatic hydroxyl groups is 1. The van der Waals surface area contributed by atoms with Gasteiger partial charge in [0.15, 0.2) is 6.10 Å². The van der Waals surface area contributed by atoms with Gasteiger partial charge in [0, 0.05) is 12.5 Å². The van der Waals surface area contributed by atoms with Crippen LogP contribution < -0.4 is 10.1 Å². The van der Waals surface area contributed by atoms with Crippen molar-refractivity contribution < 1.29 is 28.9 Å². The third-order valence-corrected chi connectivity index (χ3v) is 5.44. The van der Waals surface area contributed by atoms with Crippen molar-refractivity contribution in [3.05, 3.63) is 23.8 Å². The normalized spacial score (nSPS) is 28.4. The Labute approximate surface area is 151 Å². The van der Waals surface area contributed by atoms with Gasteiger partial charge < -0.3 is 24.6 Å². The van der Waals surface area contributed by atoms with Crippen molar-refractivity contribution in [2.24, 2.45) is 5.92 Å². The van der Waals surface area contributed by atoms with Crippen molar-refractivity contribution in [2.45, 2.75) is 50.4 Å². The average molecular weight is 361 g/mol. The van der Waals surface area contributed by atoms with Gasteiger partial charge in [-0.15, -0.1) is 0 Å². The summed E-state index contributed by atoms with van der Waals surface area (Å²) in [6.07, 6.45) is 5.81. The molecule has 3 aliphatic rings. The number of rotatable bonds is 4. The summed E-state index contributed by atoms with van der Waals surface area (Å²) in [7, 11) is 0. The smallest absolute Gasteiger partial charge is 0.420 e. The maximum Gasteiger partial charge on any atom is 0.420 e. The number of hydrogen-bond donors (Lipinski definition) is 2. The van der Waals surface area contributed by atoms with Crippen molar-refractivity contribution in [3.8, 4) is 11.5 Å². The van der Waals surface area contributed by atoms with Gasteiger partial charge >= 0.3 is 17.7 Å². The summed E-state index contributed by atoms with van der Waals surface area (Å²) in [4.78, 5) is 23.5. The predicted molar refractivity (Wildman–Crippen MR) is 90.6 cm³/mol. The fourth-order valence-electron chi connectivity index (χ4n) is 4.04. The molecule has 2 heterocycles. The van der Waals surface area contributed by atoms with Crippen molar-refractivity contribution in [1.29, 1.82) is 0 Å². The van der Waals surface area contributed by atoms with Gasteiger partial charge in [-0.1, -0.05) is 25.3 Å². The van der Waals surface area contributed by atoms with Gasteiger partial charge in [0.25, 0.3) is 0 Å². The molecule has 2 atom stereocenters. The van der Waals surface area contributed by atoms with Gasteiger partial charge in [-0.2, -0.15) is 0 Å². The zero-order valence-corrected chi connectivity index (χ0v) is 14.5. The second-order valence-electron chi connectivity index (χ2n) is 7.33. The van der Waals surface area contributed by atoms with E-state index in [1.165, 1.54) is 38.2 Å². The summed E-state index contributed by atoms with van der Waals surface area (Å²) in [5, 5.41) is 13.1. The number of ether oxygens (including phenoxy) is 3. The van der Waals surface area contributed by atoms with Crippen LogP contribution in [0.15, 0.2) is 18.2 Å². The van der Waals surface area contributed by atoms with Crippen LogP contribution in [0.2, 0.25) is 0 Å². The molecule has 1 aliphatic carbocycles. The molecule has 1 saturated carbocycles. The molecular formula is C19H23NO6. The van der Waals surface area contributed by atoms with Gasteiger partial charge in [0.1, 0.15) is 11.5 Å². The van der Waals surface area contributed by atoms with Gasteiger partial charge in [0.2, 0.25) is 0 Å². The van der Waals surface area contributed by atoms with E-state index in [0.29, 0.717) is 18.1 Å². The van der Waals surface area contributed by atoms with Gasteiger partial charge in [-0.3, -0.25) is 0 Å². The van der Waals surface area contributed by atoms with Crippen molar-refractivity contribution in [2.75, 3.05) is 13.1 Å². The predicted octanol–water partition coefficient (Wildman–Crippen LogP) is 1.66. The van der Waals surface area contributed by atoms with Crippen molar-refractivity contribution in [1.82, 2.24) is 5.32 Å². The number of hydrogen-bond acceptors (Lipinski definition) is 7. The second kappa shape index (κ2) is 6.79. The highest BCUT2D eigenvalue weighted by Crippen LogP contribution is 2.39. The average Bonchev–Trinajstić information content (AvgIpc) is 2.62. The molecular weight excluding hydrogens is 338 g/mol. The first-order chi connectivity index (χ1) is 12.6. The maximum absolute atomic E-state index is 11.8. The van der Waals surface area contributed by atoms with Crippen LogP contribution in [0.1, 0.15) is 37.7 Å². The molecule has 2 aliphatic heterocycles. The highest BCUT2D eigenvalue weighted by atomic mass is 16.8. The van der Waals surface area contributed by atoms with Crippen LogP contribution in [0.4, 0.5) is 0 Å². The van der Waals surface area contributed by atoms with Gasteiger partial charge in [0.05, 0.1) is 6.54 Å². The van der Waals surface area contributed by atoms with Crippen LogP contribution in [-0.4, -0.2) is 42.0 Å². The summed E-state index contributed by atoms with van der Waals surface area (Å²) in [5.41, 5.74) is 0.793. The van der Waals surface area contributed by atoms with E-state index in [-0.39, 0.29) is 12.3 Å². The molecule has 140 valence electrons. The summed E-state index contributed by atoms with van der Waals surface area (Å²) >= 11 is 0. The number of esters is 2. The lowest BCUT2D eigenvalue weighted by atomic mass is 9.89. The lowest BCUT2D eigenvalue weighted by Crippen LogP contribution is -2.65. The Balaban J connectivity index is 1.52. The fourth-order valence-corrected chi connectivity index (χ4v) is 4.04. The number of nitrogens with one attached hydrogen (secondary N) is 1. The van der Waals surface area contributed by atoms with E-state index in [0.717, 1.165) is 12.1 Å². The van der Waals surface area contributed by atoms with Crippen LogP contribution in [-0.2, 0) is 25.5 Å². The summed E-state index contributed by atoms with van der Waals surface area (Å²) < 4.78 is 16.7. The summed E-state index contributed by atoms with van der Waals surface area (Å²) in [6.45, 7) is 1.03. The summed E-state index contributed by atoms with van der Waals surface area (Å²) in [6, 6.07) is 4.75. The molecule has 0 spiro atoms.